The second-order valence-electron chi connectivity index (χ2n) is 5.92. The molecule has 1 aliphatic heterocycles. The van der Waals surface area contributed by atoms with Gasteiger partial charge in [-0.05, 0) is 23.8 Å². The molecule has 6 nitrogen and oxygen atoms in total. The van der Waals surface area contributed by atoms with E-state index < -0.39 is 4.92 Å². The predicted octanol–water partition coefficient (Wildman–Crippen LogP) is 3.55. The SMILES string of the molecule is N#Cc1ccc(N2CCN(Cc3ccccc3Br)CC2)cc1[N+](=O)[O-]. The number of halogens is 1. The number of piperazine rings is 1. The second kappa shape index (κ2) is 7.64. The first-order chi connectivity index (χ1) is 12.1. The first kappa shape index (κ1) is 17.4. The summed E-state index contributed by atoms with van der Waals surface area (Å²) in [5.74, 6) is 0. The molecule has 0 saturated carbocycles. The van der Waals surface area contributed by atoms with E-state index in [9.17, 15) is 10.1 Å². The van der Waals surface area contributed by atoms with Crippen LogP contribution in [0.4, 0.5) is 11.4 Å². The smallest absolute Gasteiger partial charge is 0.289 e. The van der Waals surface area contributed by atoms with Gasteiger partial charge in [0.2, 0.25) is 0 Å². The van der Waals surface area contributed by atoms with Crippen molar-refractivity contribution in [1.82, 2.24) is 4.90 Å². The zero-order valence-electron chi connectivity index (χ0n) is 13.6. The normalized spacial score (nSPS) is 15.0. The van der Waals surface area contributed by atoms with Crippen LogP contribution in [0.15, 0.2) is 46.9 Å². The summed E-state index contributed by atoms with van der Waals surface area (Å²) in [4.78, 5) is 15.1. The molecule has 1 saturated heterocycles. The number of nitriles is 1. The average Bonchev–Trinajstić information content (AvgIpc) is 2.63. The summed E-state index contributed by atoms with van der Waals surface area (Å²) in [6.07, 6.45) is 0. The van der Waals surface area contributed by atoms with Gasteiger partial charge in [-0.25, -0.2) is 0 Å². The lowest BCUT2D eigenvalue weighted by molar-refractivity contribution is -0.385. The molecule has 7 heteroatoms. The zero-order valence-corrected chi connectivity index (χ0v) is 15.1. The van der Waals surface area contributed by atoms with E-state index in [1.165, 1.54) is 17.7 Å². The van der Waals surface area contributed by atoms with E-state index in [2.05, 4.69) is 31.8 Å². The molecule has 0 bridgehead atoms. The zero-order chi connectivity index (χ0) is 17.8. The van der Waals surface area contributed by atoms with Crippen molar-refractivity contribution in [2.75, 3.05) is 31.1 Å². The lowest BCUT2D eigenvalue weighted by Crippen LogP contribution is -2.46. The highest BCUT2D eigenvalue weighted by Gasteiger charge is 2.21. The third-order valence-corrected chi connectivity index (χ3v) is 5.16. The van der Waals surface area contributed by atoms with Crippen LogP contribution in [0.25, 0.3) is 0 Å². The van der Waals surface area contributed by atoms with Crippen molar-refractivity contribution in [2.24, 2.45) is 0 Å². The number of nitrogens with zero attached hydrogens (tertiary/aromatic N) is 4. The molecule has 0 aromatic heterocycles. The Morgan fingerprint density at radius 3 is 2.52 bits per heavy atom. The Labute approximate surface area is 154 Å². The van der Waals surface area contributed by atoms with Crippen molar-refractivity contribution in [3.63, 3.8) is 0 Å². The topological polar surface area (TPSA) is 73.4 Å². The molecule has 2 aromatic rings. The molecule has 128 valence electrons. The molecule has 0 aliphatic carbocycles. The van der Waals surface area contributed by atoms with Crippen molar-refractivity contribution in [3.8, 4) is 6.07 Å². The Kier molecular flexibility index (Phi) is 5.31. The van der Waals surface area contributed by atoms with Gasteiger partial charge in [0.05, 0.1) is 4.92 Å². The molecule has 1 fully saturated rings. The van der Waals surface area contributed by atoms with Crippen LogP contribution in [-0.2, 0) is 6.54 Å². The molecular weight excluding hydrogens is 384 g/mol. The third kappa shape index (κ3) is 3.98. The molecule has 2 aromatic carbocycles. The number of hydrogen-bond donors (Lipinski definition) is 0. The lowest BCUT2D eigenvalue weighted by Gasteiger charge is -2.36. The van der Waals surface area contributed by atoms with E-state index in [4.69, 9.17) is 5.26 Å². The van der Waals surface area contributed by atoms with E-state index in [-0.39, 0.29) is 11.3 Å². The summed E-state index contributed by atoms with van der Waals surface area (Å²) in [5.41, 5.74) is 2.02. The molecule has 0 atom stereocenters. The summed E-state index contributed by atoms with van der Waals surface area (Å²) in [5, 5.41) is 20.1. The van der Waals surface area contributed by atoms with Crippen molar-refractivity contribution in [1.29, 1.82) is 5.26 Å². The number of nitro benzene ring substituents is 1. The quantitative estimate of drug-likeness (QED) is 0.579. The average molecular weight is 401 g/mol. The molecular formula is C18H17BrN4O2. The van der Waals surface area contributed by atoms with E-state index in [0.29, 0.717) is 0 Å². The summed E-state index contributed by atoms with van der Waals surface area (Å²) >= 11 is 3.58. The van der Waals surface area contributed by atoms with E-state index in [1.54, 1.807) is 6.07 Å². The van der Waals surface area contributed by atoms with Gasteiger partial charge in [-0.2, -0.15) is 5.26 Å². The van der Waals surface area contributed by atoms with Crippen LogP contribution in [0.1, 0.15) is 11.1 Å². The maximum atomic E-state index is 11.1. The van der Waals surface area contributed by atoms with Gasteiger partial charge in [0, 0.05) is 49.0 Å². The van der Waals surface area contributed by atoms with Gasteiger partial charge < -0.3 is 4.90 Å². The number of nitro groups is 1. The van der Waals surface area contributed by atoms with Crippen LogP contribution in [0.3, 0.4) is 0 Å². The number of rotatable bonds is 4. The van der Waals surface area contributed by atoms with E-state index in [1.807, 2.05) is 24.3 Å². The van der Waals surface area contributed by atoms with Gasteiger partial charge in [0.25, 0.3) is 5.69 Å². The van der Waals surface area contributed by atoms with Crippen LogP contribution in [0, 0.1) is 21.4 Å². The third-order valence-electron chi connectivity index (χ3n) is 4.39. The summed E-state index contributed by atoms with van der Waals surface area (Å²) < 4.78 is 1.11. The number of benzene rings is 2. The van der Waals surface area contributed by atoms with Crippen molar-refractivity contribution in [3.05, 3.63) is 68.2 Å². The highest BCUT2D eigenvalue weighted by atomic mass is 79.9. The summed E-state index contributed by atoms with van der Waals surface area (Å²) in [7, 11) is 0. The largest absolute Gasteiger partial charge is 0.369 e. The van der Waals surface area contributed by atoms with Gasteiger partial charge >= 0.3 is 0 Å². The monoisotopic (exact) mass is 400 g/mol. The second-order valence-corrected chi connectivity index (χ2v) is 6.78. The van der Waals surface area contributed by atoms with Crippen LogP contribution in [-0.4, -0.2) is 36.0 Å². The number of hydrogen-bond acceptors (Lipinski definition) is 5. The Balaban J connectivity index is 1.66. The highest BCUT2D eigenvalue weighted by Crippen LogP contribution is 2.26. The van der Waals surface area contributed by atoms with Gasteiger partial charge in [-0.1, -0.05) is 34.1 Å². The Bertz CT molecular complexity index is 826. The first-order valence-electron chi connectivity index (χ1n) is 7.98. The van der Waals surface area contributed by atoms with E-state index in [0.717, 1.165) is 42.9 Å². The summed E-state index contributed by atoms with van der Waals surface area (Å²) in [6.45, 7) is 4.24. The fourth-order valence-corrected chi connectivity index (χ4v) is 3.40. The molecule has 0 amide bonds. The molecule has 0 radical (unpaired) electrons. The number of anilines is 1. The first-order valence-corrected chi connectivity index (χ1v) is 8.77. The fourth-order valence-electron chi connectivity index (χ4n) is 2.99. The Hall–Kier alpha value is -2.43. The Morgan fingerprint density at radius 2 is 1.88 bits per heavy atom. The molecule has 3 rings (SSSR count). The molecule has 0 N–H and O–H groups in total. The van der Waals surface area contributed by atoms with Gasteiger partial charge in [-0.15, -0.1) is 0 Å². The molecule has 0 unspecified atom stereocenters. The maximum absolute atomic E-state index is 11.1. The van der Waals surface area contributed by atoms with Crippen molar-refractivity contribution >= 4 is 27.3 Å². The van der Waals surface area contributed by atoms with Gasteiger partial charge in [-0.3, -0.25) is 15.0 Å². The minimum atomic E-state index is -0.495. The molecule has 0 spiro atoms. The van der Waals surface area contributed by atoms with Gasteiger partial charge in [0.15, 0.2) is 0 Å². The van der Waals surface area contributed by atoms with Crippen LogP contribution in [0.5, 0.6) is 0 Å². The molecule has 25 heavy (non-hydrogen) atoms. The minimum Gasteiger partial charge on any atom is -0.369 e. The van der Waals surface area contributed by atoms with Crippen molar-refractivity contribution in [2.45, 2.75) is 6.54 Å². The van der Waals surface area contributed by atoms with Crippen LogP contribution >= 0.6 is 15.9 Å². The van der Waals surface area contributed by atoms with Crippen LogP contribution in [0.2, 0.25) is 0 Å². The minimum absolute atomic E-state index is 0.0984. The van der Waals surface area contributed by atoms with Crippen LogP contribution < -0.4 is 4.90 Å². The standard InChI is InChI=1S/C18H17BrN4O2/c19-17-4-2-1-3-15(17)13-21-7-9-22(10-8-21)16-6-5-14(12-20)18(11-16)23(24)25/h1-6,11H,7-10,13H2. The van der Waals surface area contributed by atoms with Crippen molar-refractivity contribution < 1.29 is 4.92 Å². The molecule has 1 aliphatic rings. The lowest BCUT2D eigenvalue weighted by atomic mass is 10.1. The predicted molar refractivity (Wildman–Crippen MR) is 99.4 cm³/mol. The highest BCUT2D eigenvalue weighted by molar-refractivity contribution is 9.10. The fraction of sp³-hybridized carbons (Fsp3) is 0.278. The molecule has 1 heterocycles. The van der Waals surface area contributed by atoms with Gasteiger partial charge in [0.1, 0.15) is 11.6 Å². The Morgan fingerprint density at radius 1 is 1.16 bits per heavy atom. The van der Waals surface area contributed by atoms with E-state index >= 15 is 0 Å². The summed E-state index contributed by atoms with van der Waals surface area (Å²) in [6, 6.07) is 14.9. The maximum Gasteiger partial charge on any atom is 0.289 e.